The highest BCUT2D eigenvalue weighted by Gasteiger charge is 2.05. The molecular formula is C8H16N4O. The maximum atomic E-state index is 8.77. The van der Waals surface area contributed by atoms with Gasteiger partial charge in [-0.25, -0.2) is 0 Å². The molecule has 1 N–H and O–H groups in total. The summed E-state index contributed by atoms with van der Waals surface area (Å²) in [5.74, 6) is 0. The first-order valence-corrected chi connectivity index (χ1v) is 4.44. The molecule has 0 aliphatic carbocycles. The van der Waals surface area contributed by atoms with Crippen LogP contribution in [0.1, 0.15) is 12.6 Å². The van der Waals surface area contributed by atoms with Gasteiger partial charge in [-0.15, -0.1) is 5.10 Å². The fourth-order valence-electron chi connectivity index (χ4n) is 1.19. The first-order valence-electron chi connectivity index (χ1n) is 4.44. The first kappa shape index (κ1) is 10.1. The minimum absolute atomic E-state index is 0.189. The van der Waals surface area contributed by atoms with Crippen molar-refractivity contribution in [3.8, 4) is 0 Å². The van der Waals surface area contributed by atoms with Crippen LogP contribution in [0, 0.1) is 0 Å². The maximum Gasteiger partial charge on any atom is 0.0967 e. The van der Waals surface area contributed by atoms with Crippen molar-refractivity contribution in [2.45, 2.75) is 13.5 Å². The summed E-state index contributed by atoms with van der Waals surface area (Å²) < 4.78 is 1.68. The Morgan fingerprint density at radius 3 is 2.85 bits per heavy atom. The van der Waals surface area contributed by atoms with E-state index >= 15 is 0 Å². The number of aryl methyl sites for hydroxylation is 1. The van der Waals surface area contributed by atoms with E-state index in [2.05, 4.69) is 22.1 Å². The third-order valence-electron chi connectivity index (χ3n) is 1.90. The number of likely N-dealkylation sites (N-methyl/N-ethyl adjacent to an activating group) is 1. The third-order valence-corrected chi connectivity index (χ3v) is 1.90. The fourth-order valence-corrected chi connectivity index (χ4v) is 1.19. The van der Waals surface area contributed by atoms with Crippen LogP contribution in [-0.2, 0) is 13.6 Å². The minimum atomic E-state index is 0.189. The van der Waals surface area contributed by atoms with E-state index in [1.807, 2.05) is 13.2 Å². The van der Waals surface area contributed by atoms with E-state index in [0.29, 0.717) is 6.54 Å². The Balaban J connectivity index is 2.46. The van der Waals surface area contributed by atoms with Crippen LogP contribution in [-0.4, -0.2) is 44.7 Å². The van der Waals surface area contributed by atoms with Crippen LogP contribution in [0.4, 0.5) is 0 Å². The molecule has 0 fully saturated rings. The monoisotopic (exact) mass is 184 g/mol. The van der Waals surface area contributed by atoms with E-state index in [0.717, 1.165) is 18.8 Å². The Kier molecular flexibility index (Phi) is 3.85. The zero-order valence-corrected chi connectivity index (χ0v) is 8.14. The molecule has 0 aliphatic rings. The van der Waals surface area contributed by atoms with Crippen LogP contribution >= 0.6 is 0 Å². The molecule has 0 saturated heterocycles. The maximum absolute atomic E-state index is 8.77. The Morgan fingerprint density at radius 1 is 1.62 bits per heavy atom. The van der Waals surface area contributed by atoms with Crippen molar-refractivity contribution in [1.82, 2.24) is 19.9 Å². The highest BCUT2D eigenvalue weighted by molar-refractivity contribution is 4.91. The van der Waals surface area contributed by atoms with Crippen molar-refractivity contribution in [3.05, 3.63) is 11.9 Å². The van der Waals surface area contributed by atoms with E-state index in [-0.39, 0.29) is 6.61 Å². The molecule has 0 amide bonds. The van der Waals surface area contributed by atoms with Gasteiger partial charge in [-0.2, -0.15) is 0 Å². The number of aliphatic hydroxyl groups excluding tert-OH is 1. The second kappa shape index (κ2) is 4.94. The Labute approximate surface area is 78.0 Å². The van der Waals surface area contributed by atoms with Gasteiger partial charge >= 0.3 is 0 Å². The second-order valence-electron chi connectivity index (χ2n) is 2.98. The summed E-state index contributed by atoms with van der Waals surface area (Å²) in [5.41, 5.74) is 0.942. The minimum Gasteiger partial charge on any atom is -0.395 e. The average Bonchev–Trinajstić information content (AvgIpc) is 2.50. The van der Waals surface area contributed by atoms with Crippen LogP contribution in [0.3, 0.4) is 0 Å². The zero-order valence-electron chi connectivity index (χ0n) is 8.14. The molecule has 0 saturated carbocycles. The van der Waals surface area contributed by atoms with Gasteiger partial charge in [0.15, 0.2) is 0 Å². The summed E-state index contributed by atoms with van der Waals surface area (Å²) in [6, 6.07) is 0. The van der Waals surface area contributed by atoms with Crippen molar-refractivity contribution >= 4 is 0 Å². The molecule has 1 aromatic rings. The Morgan fingerprint density at radius 2 is 2.38 bits per heavy atom. The average molecular weight is 184 g/mol. The lowest BCUT2D eigenvalue weighted by Crippen LogP contribution is -2.26. The third kappa shape index (κ3) is 3.12. The lowest BCUT2D eigenvalue weighted by molar-refractivity contribution is 0.195. The number of nitrogens with zero attached hydrogens (tertiary/aromatic N) is 4. The summed E-state index contributed by atoms with van der Waals surface area (Å²) in [6.45, 7) is 4.61. The molecule has 1 heterocycles. The van der Waals surface area contributed by atoms with Crippen molar-refractivity contribution < 1.29 is 5.11 Å². The predicted molar refractivity (Wildman–Crippen MR) is 49.0 cm³/mol. The summed E-state index contributed by atoms with van der Waals surface area (Å²) in [7, 11) is 1.85. The van der Waals surface area contributed by atoms with Gasteiger partial charge in [-0.1, -0.05) is 12.1 Å². The molecule has 0 aliphatic heterocycles. The SMILES string of the molecule is CCN(CCO)Cc1cn(C)nn1. The summed E-state index contributed by atoms with van der Waals surface area (Å²) in [6.07, 6.45) is 1.89. The van der Waals surface area contributed by atoms with Crippen LogP contribution in [0.25, 0.3) is 0 Å². The number of hydrogen-bond acceptors (Lipinski definition) is 4. The molecule has 0 atom stereocenters. The van der Waals surface area contributed by atoms with Gasteiger partial charge in [0.25, 0.3) is 0 Å². The fraction of sp³-hybridized carbons (Fsp3) is 0.750. The lowest BCUT2D eigenvalue weighted by Gasteiger charge is -2.16. The number of aromatic nitrogens is 3. The molecule has 0 radical (unpaired) electrons. The van der Waals surface area contributed by atoms with Crippen molar-refractivity contribution in [3.63, 3.8) is 0 Å². The molecule has 5 nitrogen and oxygen atoms in total. The summed E-state index contributed by atoms with van der Waals surface area (Å²) in [5, 5.41) is 16.6. The highest BCUT2D eigenvalue weighted by atomic mass is 16.3. The van der Waals surface area contributed by atoms with E-state index in [1.54, 1.807) is 4.68 Å². The van der Waals surface area contributed by atoms with E-state index in [4.69, 9.17) is 5.11 Å². The molecule has 1 rings (SSSR count). The number of hydrogen-bond donors (Lipinski definition) is 1. The van der Waals surface area contributed by atoms with Crippen LogP contribution < -0.4 is 0 Å². The standard InChI is InChI=1S/C8H16N4O/c1-3-12(4-5-13)7-8-6-11(2)10-9-8/h6,13H,3-5,7H2,1-2H3. The van der Waals surface area contributed by atoms with E-state index < -0.39 is 0 Å². The van der Waals surface area contributed by atoms with Crippen LogP contribution in [0.2, 0.25) is 0 Å². The van der Waals surface area contributed by atoms with Gasteiger partial charge in [0.05, 0.1) is 12.3 Å². The molecule has 0 spiro atoms. The topological polar surface area (TPSA) is 54.2 Å². The van der Waals surface area contributed by atoms with Gasteiger partial charge in [0.1, 0.15) is 0 Å². The molecule has 0 unspecified atom stereocenters. The number of rotatable bonds is 5. The predicted octanol–water partition coefficient (Wildman–Crippen LogP) is -0.371. The second-order valence-corrected chi connectivity index (χ2v) is 2.98. The molecule has 74 valence electrons. The number of aliphatic hydroxyl groups is 1. The van der Waals surface area contributed by atoms with Crippen molar-refractivity contribution in [2.24, 2.45) is 7.05 Å². The molecule has 13 heavy (non-hydrogen) atoms. The summed E-state index contributed by atoms with van der Waals surface area (Å²) in [4.78, 5) is 2.12. The Bertz CT molecular complexity index is 248. The lowest BCUT2D eigenvalue weighted by atomic mass is 10.4. The zero-order chi connectivity index (χ0) is 9.68. The van der Waals surface area contributed by atoms with E-state index in [1.165, 1.54) is 0 Å². The largest absolute Gasteiger partial charge is 0.395 e. The first-order chi connectivity index (χ1) is 6.26. The smallest absolute Gasteiger partial charge is 0.0967 e. The summed E-state index contributed by atoms with van der Waals surface area (Å²) >= 11 is 0. The van der Waals surface area contributed by atoms with Crippen LogP contribution in [0.15, 0.2) is 6.20 Å². The molecule has 1 aromatic heterocycles. The van der Waals surface area contributed by atoms with Gasteiger partial charge in [0, 0.05) is 26.3 Å². The van der Waals surface area contributed by atoms with Crippen molar-refractivity contribution in [2.75, 3.05) is 19.7 Å². The van der Waals surface area contributed by atoms with Gasteiger partial charge in [-0.3, -0.25) is 9.58 Å². The molecular weight excluding hydrogens is 168 g/mol. The normalized spacial score (nSPS) is 11.1. The van der Waals surface area contributed by atoms with E-state index in [9.17, 15) is 0 Å². The molecule has 0 aromatic carbocycles. The highest BCUT2D eigenvalue weighted by Crippen LogP contribution is 1.98. The van der Waals surface area contributed by atoms with Crippen LogP contribution in [0.5, 0.6) is 0 Å². The Hall–Kier alpha value is -0.940. The molecule has 0 bridgehead atoms. The van der Waals surface area contributed by atoms with Gasteiger partial charge < -0.3 is 5.11 Å². The van der Waals surface area contributed by atoms with Crippen molar-refractivity contribution in [1.29, 1.82) is 0 Å². The quantitative estimate of drug-likeness (QED) is 0.678. The van der Waals surface area contributed by atoms with Gasteiger partial charge in [-0.05, 0) is 6.54 Å². The van der Waals surface area contributed by atoms with Gasteiger partial charge in [0.2, 0.25) is 0 Å². The molecule has 5 heteroatoms.